The Labute approximate surface area is 241 Å². The quantitative estimate of drug-likeness (QED) is 0.199. The second-order valence-corrected chi connectivity index (χ2v) is 10.8. The topological polar surface area (TPSA) is 28.6 Å². The molecule has 0 saturated carbocycles. The van der Waals surface area contributed by atoms with Crippen molar-refractivity contribution in [1.29, 1.82) is 0 Å². The van der Waals surface area contributed by atoms with Crippen LogP contribution in [0.1, 0.15) is 28.3 Å². The molecule has 0 radical (unpaired) electrons. The van der Waals surface area contributed by atoms with Gasteiger partial charge < -0.3 is 14.5 Å². The van der Waals surface area contributed by atoms with Gasteiger partial charge in [0.2, 0.25) is 0 Å². The molecule has 5 heteroatoms. The fraction of sp³-hybridized carbons (Fsp3) is 0.194. The maximum absolute atomic E-state index is 13.8. The lowest BCUT2D eigenvalue weighted by molar-refractivity contribution is 0.305. The first-order valence-electron chi connectivity index (χ1n) is 14.1. The van der Waals surface area contributed by atoms with Gasteiger partial charge in [0.25, 0.3) is 0 Å². The van der Waals surface area contributed by atoms with Gasteiger partial charge in [-0.2, -0.15) is 0 Å². The van der Waals surface area contributed by atoms with Crippen molar-refractivity contribution in [3.63, 3.8) is 0 Å². The van der Waals surface area contributed by atoms with E-state index in [-0.39, 0.29) is 11.9 Å². The van der Waals surface area contributed by atoms with Crippen molar-refractivity contribution in [2.75, 3.05) is 30.4 Å². The summed E-state index contributed by atoms with van der Waals surface area (Å²) in [5, 5.41) is 0. The van der Waals surface area contributed by atoms with Gasteiger partial charge in [0.15, 0.2) is 0 Å². The van der Waals surface area contributed by atoms with E-state index in [1.807, 2.05) is 61.6 Å². The molecular formula is C36H34FN3O. The van der Waals surface area contributed by atoms with Crippen molar-refractivity contribution in [3.05, 3.63) is 143 Å². The first kappa shape index (κ1) is 26.6. The molecule has 4 nitrogen and oxygen atoms in total. The standard InChI is InChI=1S/C36H34FN3O/c1-39(2)36-19-12-30(24-38-36)28-10-8-26(9-11-28)22-35-34-18-17-33(41-25-27-6-4-3-5-7-27)23-29(34)20-21-40(35)32-15-13-31(37)14-16-32/h3-19,23-24,35H,20-22,25H2,1-2H3. The summed E-state index contributed by atoms with van der Waals surface area (Å²) in [6, 6.07) is 36.6. The summed E-state index contributed by atoms with van der Waals surface area (Å²) in [7, 11) is 3.99. The summed E-state index contributed by atoms with van der Waals surface area (Å²) < 4.78 is 19.9. The second kappa shape index (κ2) is 11.8. The minimum atomic E-state index is -0.216. The number of halogens is 1. The Balaban J connectivity index is 1.26. The molecule has 1 unspecified atom stereocenters. The molecule has 1 aliphatic heterocycles. The van der Waals surface area contributed by atoms with Crippen LogP contribution < -0.4 is 14.5 Å². The Hall–Kier alpha value is -4.64. The van der Waals surface area contributed by atoms with Crippen LogP contribution in [0.4, 0.5) is 15.9 Å². The summed E-state index contributed by atoms with van der Waals surface area (Å²) in [6.07, 6.45) is 3.67. The zero-order chi connectivity index (χ0) is 28.2. The Morgan fingerprint density at radius 3 is 2.29 bits per heavy atom. The van der Waals surface area contributed by atoms with Crippen LogP contribution in [0.25, 0.3) is 11.1 Å². The number of ether oxygens (including phenoxy) is 1. The van der Waals surface area contributed by atoms with Crippen molar-refractivity contribution in [3.8, 4) is 16.9 Å². The number of aromatic nitrogens is 1. The molecule has 2 heterocycles. The molecule has 0 aliphatic carbocycles. The Kier molecular flexibility index (Phi) is 7.68. The van der Waals surface area contributed by atoms with E-state index in [2.05, 4.69) is 70.5 Å². The monoisotopic (exact) mass is 543 g/mol. The molecule has 41 heavy (non-hydrogen) atoms. The second-order valence-electron chi connectivity index (χ2n) is 10.8. The summed E-state index contributed by atoms with van der Waals surface area (Å²) in [5.74, 6) is 1.61. The van der Waals surface area contributed by atoms with Gasteiger partial charge in [-0.15, -0.1) is 0 Å². The summed E-state index contributed by atoms with van der Waals surface area (Å²) >= 11 is 0. The van der Waals surface area contributed by atoms with Crippen molar-refractivity contribution < 1.29 is 9.13 Å². The molecule has 0 amide bonds. The predicted octanol–water partition coefficient (Wildman–Crippen LogP) is 7.88. The first-order valence-corrected chi connectivity index (χ1v) is 14.1. The molecule has 0 fully saturated rings. The van der Waals surface area contributed by atoms with Crippen LogP contribution in [0.3, 0.4) is 0 Å². The van der Waals surface area contributed by atoms with Gasteiger partial charge in [0.1, 0.15) is 24.0 Å². The van der Waals surface area contributed by atoms with E-state index < -0.39 is 0 Å². The molecular weight excluding hydrogens is 509 g/mol. The highest BCUT2D eigenvalue weighted by molar-refractivity contribution is 5.64. The molecule has 206 valence electrons. The largest absolute Gasteiger partial charge is 0.489 e. The van der Waals surface area contributed by atoms with Crippen molar-refractivity contribution in [2.45, 2.75) is 25.5 Å². The van der Waals surface area contributed by atoms with Gasteiger partial charge in [0, 0.05) is 38.1 Å². The smallest absolute Gasteiger partial charge is 0.127 e. The van der Waals surface area contributed by atoms with Gasteiger partial charge in [-0.25, -0.2) is 9.37 Å². The van der Waals surface area contributed by atoms with E-state index in [0.717, 1.165) is 53.3 Å². The van der Waals surface area contributed by atoms with Crippen molar-refractivity contribution >= 4 is 11.5 Å². The molecule has 1 aromatic heterocycles. The molecule has 0 saturated heterocycles. The average Bonchev–Trinajstić information content (AvgIpc) is 3.01. The van der Waals surface area contributed by atoms with Gasteiger partial charge in [-0.05, 0) is 89.2 Å². The highest BCUT2D eigenvalue weighted by Crippen LogP contribution is 2.38. The van der Waals surface area contributed by atoms with E-state index >= 15 is 0 Å². The zero-order valence-electron chi connectivity index (χ0n) is 23.5. The summed E-state index contributed by atoms with van der Waals surface area (Å²) in [6.45, 7) is 1.40. The highest BCUT2D eigenvalue weighted by atomic mass is 19.1. The maximum atomic E-state index is 13.8. The van der Waals surface area contributed by atoms with Crippen LogP contribution in [-0.2, 0) is 19.4 Å². The van der Waals surface area contributed by atoms with Crippen LogP contribution in [0.2, 0.25) is 0 Å². The van der Waals surface area contributed by atoms with E-state index in [9.17, 15) is 4.39 Å². The van der Waals surface area contributed by atoms with E-state index in [1.54, 1.807) is 12.1 Å². The number of rotatable bonds is 8. The van der Waals surface area contributed by atoms with Crippen LogP contribution in [0.5, 0.6) is 5.75 Å². The molecule has 1 aliphatic rings. The molecule has 5 aromatic rings. The SMILES string of the molecule is CN(C)c1ccc(-c2ccc(CC3c4ccc(OCc5ccccc5)cc4CCN3c3ccc(F)cc3)cc2)cn1. The number of benzene rings is 4. The Morgan fingerprint density at radius 2 is 1.59 bits per heavy atom. The highest BCUT2D eigenvalue weighted by Gasteiger charge is 2.28. The lowest BCUT2D eigenvalue weighted by Gasteiger charge is -2.39. The third kappa shape index (κ3) is 6.09. The molecule has 0 spiro atoms. The van der Waals surface area contributed by atoms with Gasteiger partial charge in [-0.3, -0.25) is 0 Å². The van der Waals surface area contributed by atoms with Crippen molar-refractivity contribution in [1.82, 2.24) is 4.98 Å². The normalized spacial score (nSPS) is 14.4. The van der Waals surface area contributed by atoms with E-state index in [4.69, 9.17) is 4.74 Å². The minimum absolute atomic E-state index is 0.124. The molecule has 4 aromatic carbocycles. The fourth-order valence-corrected chi connectivity index (χ4v) is 5.56. The van der Waals surface area contributed by atoms with Gasteiger partial charge in [0.05, 0.1) is 6.04 Å². The Bertz CT molecular complexity index is 1580. The summed E-state index contributed by atoms with van der Waals surface area (Å²) in [4.78, 5) is 8.97. The number of hydrogen-bond acceptors (Lipinski definition) is 4. The average molecular weight is 544 g/mol. The van der Waals surface area contributed by atoms with Crippen LogP contribution in [0.15, 0.2) is 115 Å². The number of fused-ring (bicyclic) bond motifs is 1. The number of anilines is 2. The number of pyridine rings is 1. The maximum Gasteiger partial charge on any atom is 0.127 e. The molecule has 0 N–H and O–H groups in total. The van der Waals surface area contributed by atoms with Crippen molar-refractivity contribution in [2.24, 2.45) is 0 Å². The van der Waals surface area contributed by atoms with Gasteiger partial charge in [-0.1, -0.05) is 60.7 Å². The van der Waals surface area contributed by atoms with Crippen LogP contribution in [0, 0.1) is 5.82 Å². The third-order valence-corrected chi connectivity index (χ3v) is 7.80. The lowest BCUT2D eigenvalue weighted by Crippen LogP contribution is -2.36. The van der Waals surface area contributed by atoms with Crippen LogP contribution >= 0.6 is 0 Å². The number of hydrogen-bond donors (Lipinski definition) is 0. The number of nitrogens with zero attached hydrogens (tertiary/aromatic N) is 3. The third-order valence-electron chi connectivity index (χ3n) is 7.80. The fourth-order valence-electron chi connectivity index (χ4n) is 5.56. The Morgan fingerprint density at radius 1 is 0.829 bits per heavy atom. The first-order chi connectivity index (χ1) is 20.0. The molecule has 6 rings (SSSR count). The van der Waals surface area contributed by atoms with Gasteiger partial charge >= 0.3 is 0 Å². The van der Waals surface area contributed by atoms with Crippen LogP contribution in [-0.4, -0.2) is 25.6 Å². The lowest BCUT2D eigenvalue weighted by atomic mass is 9.87. The molecule has 1 atom stereocenters. The minimum Gasteiger partial charge on any atom is -0.489 e. The molecule has 0 bridgehead atoms. The summed E-state index contributed by atoms with van der Waals surface area (Å²) in [5.41, 5.74) is 8.28. The zero-order valence-corrected chi connectivity index (χ0v) is 23.5. The van der Waals surface area contributed by atoms with E-state index in [0.29, 0.717) is 6.61 Å². The van der Waals surface area contributed by atoms with E-state index in [1.165, 1.54) is 16.7 Å². The predicted molar refractivity (Wildman–Crippen MR) is 165 cm³/mol.